The van der Waals surface area contributed by atoms with Crippen LogP contribution in [0.1, 0.15) is 28.1 Å². The van der Waals surface area contributed by atoms with Crippen molar-refractivity contribution >= 4 is 35.0 Å². The highest BCUT2D eigenvalue weighted by Crippen LogP contribution is 2.29. The van der Waals surface area contributed by atoms with Crippen LogP contribution in [0.2, 0.25) is 0 Å². The number of fused-ring (bicyclic) bond motifs is 1. The lowest BCUT2D eigenvalue weighted by Gasteiger charge is -2.28. The summed E-state index contributed by atoms with van der Waals surface area (Å²) in [7, 11) is 0. The fraction of sp³-hybridized carbons (Fsp3) is 0.391. The van der Waals surface area contributed by atoms with Gasteiger partial charge in [0.1, 0.15) is 5.82 Å². The molecule has 1 unspecified atom stereocenters. The number of amides is 1. The fourth-order valence-electron chi connectivity index (χ4n) is 4.03. The number of morpholine rings is 1. The summed E-state index contributed by atoms with van der Waals surface area (Å²) in [6.07, 6.45) is 2.61. The number of hydrogen-bond donors (Lipinski definition) is 3. The van der Waals surface area contributed by atoms with Crippen molar-refractivity contribution in [3.05, 3.63) is 47.2 Å². The van der Waals surface area contributed by atoms with Crippen molar-refractivity contribution in [2.24, 2.45) is 5.10 Å². The third-order valence-electron chi connectivity index (χ3n) is 5.72. The van der Waals surface area contributed by atoms with Crippen molar-refractivity contribution in [1.82, 2.24) is 20.6 Å². The molecule has 2 aromatic heterocycles. The number of hydrogen-bond acceptors (Lipinski definition) is 9. The summed E-state index contributed by atoms with van der Waals surface area (Å²) in [6.45, 7) is 6.30. The molecule has 2 aliphatic heterocycles. The molecular weight excluding hydrogens is 422 g/mol. The second-order valence-electron chi connectivity index (χ2n) is 8.25. The zero-order valence-corrected chi connectivity index (χ0v) is 18.5. The molecular formula is C23H27N7O3. The Morgan fingerprint density at radius 2 is 2.15 bits per heavy atom. The van der Waals surface area contributed by atoms with Gasteiger partial charge in [-0.15, -0.1) is 0 Å². The van der Waals surface area contributed by atoms with Crippen molar-refractivity contribution < 1.29 is 13.9 Å². The first-order valence-corrected chi connectivity index (χ1v) is 11.2. The minimum Gasteiger partial charge on any atom is -0.432 e. The van der Waals surface area contributed by atoms with Gasteiger partial charge < -0.3 is 24.7 Å². The monoisotopic (exact) mass is 449 g/mol. The Hall–Kier alpha value is -3.50. The SMILES string of the molecule is Cc1cccc(/C=N/Nc2nc(N3CCOCC3)c3cc(C(=O)NC4CCNC4)oc3n2)c1. The normalized spacial score (nSPS) is 18.8. The topological polar surface area (TPSA) is 117 Å². The first kappa shape index (κ1) is 21.4. The molecule has 2 aliphatic rings. The van der Waals surface area contributed by atoms with Gasteiger partial charge in [-0.1, -0.05) is 29.8 Å². The zero-order valence-electron chi connectivity index (χ0n) is 18.5. The maximum atomic E-state index is 12.7. The average Bonchev–Trinajstić information content (AvgIpc) is 3.49. The first-order chi connectivity index (χ1) is 16.2. The van der Waals surface area contributed by atoms with Crippen molar-refractivity contribution in [2.45, 2.75) is 19.4 Å². The maximum Gasteiger partial charge on any atom is 0.287 e. The van der Waals surface area contributed by atoms with Gasteiger partial charge in [-0.05, 0) is 25.5 Å². The number of furan rings is 1. The molecule has 1 atom stereocenters. The highest BCUT2D eigenvalue weighted by atomic mass is 16.5. The Bertz CT molecular complexity index is 1160. The van der Waals surface area contributed by atoms with Crippen LogP contribution in [-0.2, 0) is 4.74 Å². The van der Waals surface area contributed by atoms with Gasteiger partial charge in [0.25, 0.3) is 5.91 Å². The van der Waals surface area contributed by atoms with Crippen LogP contribution in [-0.4, -0.2) is 67.5 Å². The molecule has 5 rings (SSSR count). The van der Waals surface area contributed by atoms with Crippen LogP contribution in [0.25, 0.3) is 11.1 Å². The van der Waals surface area contributed by atoms with E-state index in [4.69, 9.17) is 9.15 Å². The van der Waals surface area contributed by atoms with Crippen LogP contribution < -0.4 is 21.0 Å². The van der Waals surface area contributed by atoms with E-state index in [0.717, 1.165) is 30.6 Å². The number of anilines is 2. The van der Waals surface area contributed by atoms with Crippen LogP contribution in [0.5, 0.6) is 0 Å². The molecule has 0 aliphatic carbocycles. The van der Waals surface area contributed by atoms with E-state index in [1.165, 1.54) is 0 Å². The van der Waals surface area contributed by atoms with Crippen molar-refractivity contribution in [3.63, 3.8) is 0 Å². The summed E-state index contributed by atoms with van der Waals surface area (Å²) in [5.74, 6) is 0.971. The lowest BCUT2D eigenvalue weighted by Crippen LogP contribution is -2.37. The number of benzene rings is 1. The van der Waals surface area contributed by atoms with Gasteiger partial charge >= 0.3 is 0 Å². The molecule has 3 N–H and O–H groups in total. The molecule has 0 spiro atoms. The Labute approximate surface area is 191 Å². The molecule has 2 saturated heterocycles. The van der Waals surface area contributed by atoms with Gasteiger partial charge in [-0.25, -0.2) is 5.43 Å². The summed E-state index contributed by atoms with van der Waals surface area (Å²) in [5, 5.41) is 11.2. The van der Waals surface area contributed by atoms with Gasteiger partial charge in [0.15, 0.2) is 5.76 Å². The van der Waals surface area contributed by atoms with Crippen LogP contribution >= 0.6 is 0 Å². The second kappa shape index (κ2) is 9.55. The average molecular weight is 450 g/mol. The van der Waals surface area contributed by atoms with E-state index in [2.05, 4.69) is 36.0 Å². The van der Waals surface area contributed by atoms with E-state index in [9.17, 15) is 4.79 Å². The van der Waals surface area contributed by atoms with Crippen LogP contribution in [0.4, 0.5) is 11.8 Å². The van der Waals surface area contributed by atoms with Crippen molar-refractivity contribution in [2.75, 3.05) is 49.7 Å². The van der Waals surface area contributed by atoms with Crippen LogP contribution in [0.3, 0.4) is 0 Å². The summed E-state index contributed by atoms with van der Waals surface area (Å²) < 4.78 is 11.3. The van der Waals surface area contributed by atoms with E-state index < -0.39 is 0 Å². The standard InChI is InChI=1S/C23H27N7O3/c1-15-3-2-4-16(11-15)13-25-29-23-27-20(30-7-9-32-10-8-30)18-12-19(33-22(18)28-23)21(31)26-17-5-6-24-14-17/h2-4,11-13,17,24H,5-10,14H2,1H3,(H,26,31)(H,27,28,29)/b25-13+. The maximum absolute atomic E-state index is 12.7. The molecule has 33 heavy (non-hydrogen) atoms. The first-order valence-electron chi connectivity index (χ1n) is 11.2. The number of carbonyl (C=O) groups is 1. The number of ether oxygens (including phenoxy) is 1. The minimum absolute atomic E-state index is 0.101. The molecule has 3 aromatic rings. The smallest absolute Gasteiger partial charge is 0.287 e. The number of nitrogens with zero attached hydrogens (tertiary/aromatic N) is 4. The van der Waals surface area contributed by atoms with Crippen LogP contribution in [0, 0.1) is 6.92 Å². The molecule has 4 heterocycles. The van der Waals surface area contributed by atoms with E-state index in [0.29, 0.717) is 49.2 Å². The molecule has 2 fully saturated rings. The minimum atomic E-state index is -0.249. The summed E-state index contributed by atoms with van der Waals surface area (Å²) in [5.41, 5.74) is 5.37. The fourth-order valence-corrected chi connectivity index (χ4v) is 4.03. The lowest BCUT2D eigenvalue weighted by atomic mass is 10.2. The Balaban J connectivity index is 1.43. The molecule has 0 radical (unpaired) electrons. The van der Waals surface area contributed by atoms with Gasteiger partial charge in [0, 0.05) is 31.7 Å². The van der Waals surface area contributed by atoms with E-state index in [1.807, 2.05) is 31.2 Å². The van der Waals surface area contributed by atoms with Gasteiger partial charge in [-0.2, -0.15) is 15.1 Å². The number of hydrazone groups is 1. The van der Waals surface area contributed by atoms with E-state index >= 15 is 0 Å². The number of nitrogens with one attached hydrogen (secondary N) is 3. The predicted molar refractivity (Wildman–Crippen MR) is 126 cm³/mol. The van der Waals surface area contributed by atoms with Gasteiger partial charge in [-0.3, -0.25) is 4.79 Å². The highest BCUT2D eigenvalue weighted by molar-refractivity contribution is 5.98. The summed E-state index contributed by atoms with van der Waals surface area (Å²) in [4.78, 5) is 24.0. The molecule has 172 valence electrons. The second-order valence-corrected chi connectivity index (χ2v) is 8.25. The summed E-state index contributed by atoms with van der Waals surface area (Å²) in [6, 6.07) is 9.84. The van der Waals surface area contributed by atoms with Gasteiger partial charge in [0.2, 0.25) is 11.7 Å². The molecule has 10 heteroatoms. The van der Waals surface area contributed by atoms with Crippen molar-refractivity contribution in [3.8, 4) is 0 Å². The predicted octanol–water partition coefficient (Wildman–Crippen LogP) is 1.91. The number of carbonyl (C=O) groups excluding carboxylic acids is 1. The molecule has 1 aromatic carbocycles. The number of aromatic nitrogens is 2. The lowest BCUT2D eigenvalue weighted by molar-refractivity contribution is 0.0914. The number of rotatable bonds is 6. The largest absolute Gasteiger partial charge is 0.432 e. The Morgan fingerprint density at radius 1 is 1.27 bits per heavy atom. The molecule has 0 saturated carbocycles. The Morgan fingerprint density at radius 3 is 2.94 bits per heavy atom. The Kier molecular flexibility index (Phi) is 6.18. The molecule has 10 nitrogen and oxygen atoms in total. The quantitative estimate of drug-likeness (QED) is 0.386. The van der Waals surface area contributed by atoms with E-state index in [1.54, 1.807) is 12.3 Å². The van der Waals surface area contributed by atoms with Crippen molar-refractivity contribution in [1.29, 1.82) is 0 Å². The number of aryl methyl sites for hydroxylation is 1. The third kappa shape index (κ3) is 4.96. The summed E-state index contributed by atoms with van der Waals surface area (Å²) >= 11 is 0. The zero-order chi connectivity index (χ0) is 22.6. The van der Waals surface area contributed by atoms with E-state index in [-0.39, 0.29) is 17.7 Å². The molecule has 1 amide bonds. The van der Waals surface area contributed by atoms with Gasteiger partial charge in [0.05, 0.1) is 24.8 Å². The highest BCUT2D eigenvalue weighted by Gasteiger charge is 2.24. The molecule has 0 bridgehead atoms. The third-order valence-corrected chi connectivity index (χ3v) is 5.72. The van der Waals surface area contributed by atoms with Crippen LogP contribution in [0.15, 0.2) is 39.9 Å².